The second-order valence-corrected chi connectivity index (χ2v) is 6.31. The van der Waals surface area contributed by atoms with Crippen LogP contribution in [0.4, 0.5) is 9.52 Å². The fraction of sp³-hybridized carbons (Fsp3) is 0. The first-order valence-electron chi connectivity index (χ1n) is 7.78. The van der Waals surface area contributed by atoms with E-state index in [9.17, 15) is 4.39 Å². The molecule has 0 unspecified atom stereocenters. The van der Waals surface area contributed by atoms with Gasteiger partial charge >= 0.3 is 0 Å². The number of benzene rings is 3. The van der Waals surface area contributed by atoms with Crippen LogP contribution in [-0.2, 0) is 0 Å². The summed E-state index contributed by atoms with van der Waals surface area (Å²) in [6.07, 6.45) is 1.69. The van der Waals surface area contributed by atoms with Crippen LogP contribution in [0.3, 0.4) is 0 Å². The van der Waals surface area contributed by atoms with Gasteiger partial charge in [0.2, 0.25) is 5.13 Å². The molecule has 0 fully saturated rings. The van der Waals surface area contributed by atoms with Crippen LogP contribution in [0.2, 0.25) is 0 Å². The minimum Gasteiger partial charge on any atom is -0.253 e. The molecule has 0 atom stereocenters. The van der Waals surface area contributed by atoms with Crippen LogP contribution >= 0.6 is 11.3 Å². The van der Waals surface area contributed by atoms with Gasteiger partial charge in [-0.25, -0.2) is 9.37 Å². The second-order valence-electron chi connectivity index (χ2n) is 5.46. The van der Waals surface area contributed by atoms with Gasteiger partial charge in [0.25, 0.3) is 0 Å². The molecule has 0 aliphatic rings. The maximum absolute atomic E-state index is 13.8. The van der Waals surface area contributed by atoms with Crippen LogP contribution < -0.4 is 5.43 Å². The summed E-state index contributed by atoms with van der Waals surface area (Å²) < 4.78 is 13.8. The lowest BCUT2D eigenvalue weighted by atomic mass is 10.1. The first-order chi connectivity index (χ1) is 12.3. The Hall–Kier alpha value is -3.05. The van der Waals surface area contributed by atoms with Crippen molar-refractivity contribution in [2.75, 3.05) is 5.43 Å². The highest BCUT2D eigenvalue weighted by Gasteiger charge is 2.04. The number of halogens is 1. The van der Waals surface area contributed by atoms with E-state index in [0.717, 1.165) is 22.2 Å². The summed E-state index contributed by atoms with van der Waals surface area (Å²) in [7, 11) is 0. The standard InChI is InChI=1S/C20H14FN3S/c21-18-11-5-9-16-15(8-4-10-17(16)18)12-22-24-20-23-19(13-25-20)14-6-2-1-3-7-14/h1-13H,(H,23,24). The third-order valence-corrected chi connectivity index (χ3v) is 4.59. The molecule has 3 nitrogen and oxygen atoms in total. The average Bonchev–Trinajstić information content (AvgIpc) is 3.12. The third kappa shape index (κ3) is 3.27. The summed E-state index contributed by atoms with van der Waals surface area (Å²) in [6.45, 7) is 0. The largest absolute Gasteiger partial charge is 0.253 e. The van der Waals surface area contributed by atoms with Crippen molar-refractivity contribution in [3.8, 4) is 11.3 Å². The van der Waals surface area contributed by atoms with E-state index in [2.05, 4.69) is 15.5 Å². The first-order valence-corrected chi connectivity index (χ1v) is 8.66. The summed E-state index contributed by atoms with van der Waals surface area (Å²) in [5.74, 6) is -0.229. The predicted octanol–water partition coefficient (Wildman–Crippen LogP) is 5.55. The number of hydrogen-bond acceptors (Lipinski definition) is 4. The van der Waals surface area contributed by atoms with E-state index >= 15 is 0 Å². The Morgan fingerprint density at radius 2 is 1.72 bits per heavy atom. The maximum atomic E-state index is 13.8. The summed E-state index contributed by atoms with van der Waals surface area (Å²) in [5, 5.41) is 8.37. The van der Waals surface area contributed by atoms with Crippen molar-refractivity contribution in [3.63, 3.8) is 0 Å². The molecule has 0 spiro atoms. The zero-order chi connectivity index (χ0) is 17.1. The zero-order valence-corrected chi connectivity index (χ0v) is 14.0. The smallest absolute Gasteiger partial charge is 0.203 e. The lowest BCUT2D eigenvalue weighted by Gasteiger charge is -2.02. The molecule has 3 aromatic carbocycles. The fourth-order valence-electron chi connectivity index (χ4n) is 2.63. The van der Waals surface area contributed by atoms with Gasteiger partial charge in [-0.05, 0) is 11.5 Å². The van der Waals surface area contributed by atoms with Crippen LogP contribution in [0.1, 0.15) is 5.56 Å². The van der Waals surface area contributed by atoms with E-state index < -0.39 is 0 Å². The van der Waals surface area contributed by atoms with Gasteiger partial charge in [-0.1, -0.05) is 60.7 Å². The predicted molar refractivity (Wildman–Crippen MR) is 103 cm³/mol. The lowest BCUT2D eigenvalue weighted by molar-refractivity contribution is 0.640. The average molecular weight is 347 g/mol. The number of aromatic nitrogens is 1. The molecular formula is C20H14FN3S. The van der Waals surface area contributed by atoms with E-state index in [0.29, 0.717) is 10.5 Å². The maximum Gasteiger partial charge on any atom is 0.203 e. The van der Waals surface area contributed by atoms with Crippen molar-refractivity contribution in [3.05, 3.63) is 83.5 Å². The van der Waals surface area contributed by atoms with Crippen molar-refractivity contribution >= 4 is 33.5 Å². The summed E-state index contributed by atoms with van der Waals surface area (Å²) in [5.41, 5.74) is 5.78. The van der Waals surface area contributed by atoms with Crippen LogP contribution in [0.5, 0.6) is 0 Å². The first kappa shape index (κ1) is 15.5. The molecule has 0 amide bonds. The molecule has 122 valence electrons. The Kier molecular flexibility index (Phi) is 4.23. The number of hydrogen-bond donors (Lipinski definition) is 1. The number of fused-ring (bicyclic) bond motifs is 1. The number of hydrazone groups is 1. The van der Waals surface area contributed by atoms with Crippen molar-refractivity contribution in [2.24, 2.45) is 5.10 Å². The Labute approximate surface area is 148 Å². The summed E-state index contributed by atoms with van der Waals surface area (Å²) in [6, 6.07) is 20.5. The van der Waals surface area contributed by atoms with Gasteiger partial charge in [-0.15, -0.1) is 11.3 Å². The van der Waals surface area contributed by atoms with Crippen LogP contribution in [0.25, 0.3) is 22.0 Å². The minimum absolute atomic E-state index is 0.229. The Bertz CT molecular complexity index is 1040. The molecule has 0 aliphatic heterocycles. The molecule has 4 rings (SSSR count). The third-order valence-electron chi connectivity index (χ3n) is 3.84. The van der Waals surface area contributed by atoms with Gasteiger partial charge in [0.1, 0.15) is 5.82 Å². The Balaban J connectivity index is 1.54. The number of anilines is 1. The lowest BCUT2D eigenvalue weighted by Crippen LogP contribution is -1.92. The SMILES string of the molecule is Fc1cccc2c(C=NNc3nc(-c4ccccc4)cs3)cccc12. The number of nitrogens with one attached hydrogen (secondary N) is 1. The Morgan fingerprint density at radius 3 is 2.60 bits per heavy atom. The van der Waals surface area contributed by atoms with Gasteiger partial charge < -0.3 is 0 Å². The van der Waals surface area contributed by atoms with Gasteiger partial charge in [0.05, 0.1) is 11.9 Å². The molecule has 0 bridgehead atoms. The summed E-state index contributed by atoms with van der Waals surface area (Å²) in [4.78, 5) is 4.52. The van der Waals surface area contributed by atoms with E-state index in [1.807, 2.05) is 53.9 Å². The number of rotatable bonds is 4. The van der Waals surface area contributed by atoms with E-state index in [4.69, 9.17) is 0 Å². The van der Waals surface area contributed by atoms with Crippen molar-refractivity contribution in [1.29, 1.82) is 0 Å². The number of thiazole rings is 1. The molecule has 0 radical (unpaired) electrons. The normalized spacial score (nSPS) is 11.2. The molecular weight excluding hydrogens is 333 g/mol. The summed E-state index contributed by atoms with van der Waals surface area (Å²) >= 11 is 1.49. The minimum atomic E-state index is -0.229. The monoisotopic (exact) mass is 347 g/mol. The fourth-order valence-corrected chi connectivity index (χ4v) is 3.30. The quantitative estimate of drug-likeness (QED) is 0.388. The van der Waals surface area contributed by atoms with E-state index in [1.54, 1.807) is 18.3 Å². The highest BCUT2D eigenvalue weighted by Crippen LogP contribution is 2.25. The molecule has 0 aliphatic carbocycles. The molecule has 25 heavy (non-hydrogen) atoms. The molecule has 1 aromatic heterocycles. The Morgan fingerprint density at radius 1 is 0.920 bits per heavy atom. The zero-order valence-electron chi connectivity index (χ0n) is 13.2. The van der Waals surface area contributed by atoms with E-state index in [-0.39, 0.29) is 5.82 Å². The van der Waals surface area contributed by atoms with Crippen molar-refractivity contribution in [1.82, 2.24) is 4.98 Å². The topological polar surface area (TPSA) is 37.3 Å². The van der Waals surface area contributed by atoms with Crippen molar-refractivity contribution in [2.45, 2.75) is 0 Å². The molecule has 1 heterocycles. The highest BCUT2D eigenvalue weighted by molar-refractivity contribution is 7.14. The van der Waals surface area contributed by atoms with Gasteiger partial charge in [0, 0.05) is 21.9 Å². The van der Waals surface area contributed by atoms with Crippen molar-refractivity contribution < 1.29 is 4.39 Å². The van der Waals surface area contributed by atoms with Gasteiger partial charge in [-0.3, -0.25) is 5.43 Å². The molecule has 0 saturated heterocycles. The molecule has 5 heteroatoms. The van der Waals surface area contributed by atoms with E-state index in [1.165, 1.54) is 17.4 Å². The van der Waals surface area contributed by atoms with Crippen LogP contribution in [0.15, 0.2) is 77.2 Å². The van der Waals surface area contributed by atoms with Crippen LogP contribution in [-0.4, -0.2) is 11.2 Å². The van der Waals surface area contributed by atoms with Crippen LogP contribution in [0, 0.1) is 5.82 Å². The van der Waals surface area contributed by atoms with Gasteiger partial charge in [0.15, 0.2) is 0 Å². The molecule has 0 saturated carbocycles. The van der Waals surface area contributed by atoms with Gasteiger partial charge in [-0.2, -0.15) is 5.10 Å². The molecule has 1 N–H and O–H groups in total. The second kappa shape index (κ2) is 6.83. The molecule has 4 aromatic rings. The number of nitrogens with zero attached hydrogens (tertiary/aromatic N) is 2. The highest BCUT2D eigenvalue weighted by atomic mass is 32.1.